The Kier molecular flexibility index (Phi) is 9.81. The van der Waals surface area contributed by atoms with E-state index in [1.54, 1.807) is 7.11 Å². The lowest BCUT2D eigenvalue weighted by Gasteiger charge is -2.15. The average molecular weight is 284 g/mol. The van der Waals surface area contributed by atoms with E-state index in [2.05, 4.69) is 24.8 Å². The smallest absolute Gasteiger partial charge is 0.0700 e. The summed E-state index contributed by atoms with van der Waals surface area (Å²) in [5, 5.41) is 0. The van der Waals surface area contributed by atoms with E-state index in [1.165, 1.54) is 5.56 Å². The lowest BCUT2D eigenvalue weighted by molar-refractivity contribution is 0.0367. The standard InChI is InChI=1S/C15H24O3S/c1-16-8-5-9-17-10-11-18-12-15(13-19)14-6-3-2-4-7-14/h2-4,6-7,15,19H,5,8-13H2,1H3. The second-order valence-electron chi connectivity index (χ2n) is 4.32. The second kappa shape index (κ2) is 11.3. The number of ether oxygens (including phenoxy) is 3. The first-order chi connectivity index (χ1) is 9.38. The van der Waals surface area contributed by atoms with E-state index in [4.69, 9.17) is 14.2 Å². The Balaban J connectivity index is 2.07. The van der Waals surface area contributed by atoms with Gasteiger partial charge in [-0.15, -0.1) is 0 Å². The first-order valence-corrected chi connectivity index (χ1v) is 7.32. The summed E-state index contributed by atoms with van der Waals surface area (Å²) in [6.07, 6.45) is 0.930. The van der Waals surface area contributed by atoms with Gasteiger partial charge in [0.25, 0.3) is 0 Å². The van der Waals surface area contributed by atoms with Crippen LogP contribution >= 0.6 is 12.6 Å². The summed E-state index contributed by atoms with van der Waals surface area (Å²) in [5.41, 5.74) is 1.28. The van der Waals surface area contributed by atoms with Crippen LogP contribution in [0.15, 0.2) is 30.3 Å². The van der Waals surface area contributed by atoms with Crippen LogP contribution in [0.3, 0.4) is 0 Å². The van der Waals surface area contributed by atoms with Crippen LogP contribution < -0.4 is 0 Å². The normalized spacial score (nSPS) is 12.5. The number of methoxy groups -OCH3 is 1. The third-order valence-electron chi connectivity index (χ3n) is 2.82. The van der Waals surface area contributed by atoms with Crippen LogP contribution in [0, 0.1) is 0 Å². The highest BCUT2D eigenvalue weighted by molar-refractivity contribution is 7.80. The maximum absolute atomic E-state index is 5.64. The van der Waals surface area contributed by atoms with Gasteiger partial charge in [-0.3, -0.25) is 0 Å². The summed E-state index contributed by atoms with van der Waals surface area (Å²) in [5.74, 6) is 1.14. The van der Waals surface area contributed by atoms with E-state index >= 15 is 0 Å². The lowest BCUT2D eigenvalue weighted by atomic mass is 10.0. The maximum Gasteiger partial charge on any atom is 0.0700 e. The minimum Gasteiger partial charge on any atom is -0.385 e. The molecule has 0 aliphatic carbocycles. The van der Waals surface area contributed by atoms with Gasteiger partial charge in [0.15, 0.2) is 0 Å². The van der Waals surface area contributed by atoms with Crippen LogP contribution in [0.25, 0.3) is 0 Å². The van der Waals surface area contributed by atoms with Crippen molar-refractivity contribution in [2.75, 3.05) is 45.9 Å². The summed E-state index contributed by atoms with van der Waals surface area (Å²) >= 11 is 4.38. The molecule has 0 N–H and O–H groups in total. The Morgan fingerprint density at radius 3 is 2.42 bits per heavy atom. The molecule has 3 nitrogen and oxygen atoms in total. The highest BCUT2D eigenvalue weighted by atomic mass is 32.1. The minimum absolute atomic E-state index is 0.345. The molecule has 0 bridgehead atoms. The molecule has 0 fully saturated rings. The monoisotopic (exact) mass is 284 g/mol. The maximum atomic E-state index is 5.64. The molecule has 0 aliphatic heterocycles. The van der Waals surface area contributed by atoms with Crippen LogP contribution in [-0.4, -0.2) is 45.9 Å². The van der Waals surface area contributed by atoms with Gasteiger partial charge in [-0.2, -0.15) is 12.6 Å². The highest BCUT2D eigenvalue weighted by Gasteiger charge is 2.09. The molecular weight excluding hydrogens is 260 g/mol. The fourth-order valence-electron chi connectivity index (χ4n) is 1.73. The molecule has 1 unspecified atom stereocenters. The Bertz CT molecular complexity index is 306. The van der Waals surface area contributed by atoms with E-state index in [-0.39, 0.29) is 0 Å². The number of hydrogen-bond donors (Lipinski definition) is 1. The van der Waals surface area contributed by atoms with E-state index in [0.29, 0.717) is 25.7 Å². The van der Waals surface area contributed by atoms with E-state index in [0.717, 1.165) is 25.4 Å². The van der Waals surface area contributed by atoms with Crippen LogP contribution in [0.5, 0.6) is 0 Å². The van der Waals surface area contributed by atoms with Crippen molar-refractivity contribution in [3.8, 4) is 0 Å². The molecule has 19 heavy (non-hydrogen) atoms. The van der Waals surface area contributed by atoms with Crippen molar-refractivity contribution in [1.29, 1.82) is 0 Å². The first kappa shape index (κ1) is 16.5. The van der Waals surface area contributed by atoms with Gasteiger partial charge >= 0.3 is 0 Å². The highest BCUT2D eigenvalue weighted by Crippen LogP contribution is 2.17. The molecule has 4 heteroatoms. The molecular formula is C15H24O3S. The lowest BCUT2D eigenvalue weighted by Crippen LogP contribution is -2.13. The van der Waals surface area contributed by atoms with E-state index in [9.17, 15) is 0 Å². The summed E-state index contributed by atoms with van der Waals surface area (Å²) in [6, 6.07) is 10.3. The van der Waals surface area contributed by atoms with Gasteiger partial charge in [-0.25, -0.2) is 0 Å². The summed E-state index contributed by atoms with van der Waals surface area (Å²) in [7, 11) is 1.70. The molecule has 108 valence electrons. The molecule has 1 atom stereocenters. The quantitative estimate of drug-likeness (QED) is 0.500. The van der Waals surface area contributed by atoms with Crippen molar-refractivity contribution in [3.05, 3.63) is 35.9 Å². The topological polar surface area (TPSA) is 27.7 Å². The molecule has 0 saturated carbocycles. The van der Waals surface area contributed by atoms with Crippen molar-refractivity contribution in [3.63, 3.8) is 0 Å². The summed E-state index contributed by atoms with van der Waals surface area (Å²) < 4.78 is 16.0. The van der Waals surface area contributed by atoms with Crippen molar-refractivity contribution < 1.29 is 14.2 Å². The van der Waals surface area contributed by atoms with E-state index < -0.39 is 0 Å². The van der Waals surface area contributed by atoms with Gasteiger partial charge < -0.3 is 14.2 Å². The molecule has 0 radical (unpaired) electrons. The Labute approximate surface area is 121 Å². The zero-order valence-corrected chi connectivity index (χ0v) is 12.5. The fourth-order valence-corrected chi connectivity index (χ4v) is 2.05. The SMILES string of the molecule is COCCCOCCOCC(CS)c1ccccc1. The summed E-state index contributed by atoms with van der Waals surface area (Å²) in [4.78, 5) is 0. The molecule has 0 spiro atoms. The Morgan fingerprint density at radius 2 is 1.74 bits per heavy atom. The third-order valence-corrected chi connectivity index (χ3v) is 3.26. The zero-order chi connectivity index (χ0) is 13.8. The zero-order valence-electron chi connectivity index (χ0n) is 11.6. The van der Waals surface area contributed by atoms with Crippen LogP contribution in [0.1, 0.15) is 17.9 Å². The van der Waals surface area contributed by atoms with Crippen LogP contribution in [-0.2, 0) is 14.2 Å². The van der Waals surface area contributed by atoms with Gasteiger partial charge in [0.05, 0.1) is 19.8 Å². The van der Waals surface area contributed by atoms with Gasteiger partial charge in [0.1, 0.15) is 0 Å². The van der Waals surface area contributed by atoms with Gasteiger partial charge in [-0.05, 0) is 17.7 Å². The molecule has 1 aromatic carbocycles. The molecule has 1 aromatic rings. The van der Waals surface area contributed by atoms with Gasteiger partial charge in [0.2, 0.25) is 0 Å². The first-order valence-electron chi connectivity index (χ1n) is 6.68. The van der Waals surface area contributed by atoms with Crippen molar-refractivity contribution >= 4 is 12.6 Å². The molecule has 0 amide bonds. The predicted octanol–water partition coefficient (Wildman–Crippen LogP) is 2.77. The average Bonchev–Trinajstić information content (AvgIpc) is 2.47. The number of benzene rings is 1. The molecule has 0 heterocycles. The predicted molar refractivity (Wildman–Crippen MR) is 81.2 cm³/mol. The molecule has 0 saturated heterocycles. The minimum atomic E-state index is 0.345. The van der Waals surface area contributed by atoms with Crippen molar-refractivity contribution in [1.82, 2.24) is 0 Å². The fraction of sp³-hybridized carbons (Fsp3) is 0.600. The summed E-state index contributed by atoms with van der Waals surface area (Å²) in [6.45, 7) is 3.43. The van der Waals surface area contributed by atoms with Gasteiger partial charge in [-0.1, -0.05) is 30.3 Å². The molecule has 1 rings (SSSR count). The van der Waals surface area contributed by atoms with E-state index in [1.807, 2.05) is 18.2 Å². The Morgan fingerprint density at radius 1 is 1.00 bits per heavy atom. The number of rotatable bonds is 11. The van der Waals surface area contributed by atoms with Crippen LogP contribution in [0.4, 0.5) is 0 Å². The second-order valence-corrected chi connectivity index (χ2v) is 4.69. The third kappa shape index (κ3) is 7.57. The van der Waals surface area contributed by atoms with Crippen molar-refractivity contribution in [2.24, 2.45) is 0 Å². The number of hydrogen-bond acceptors (Lipinski definition) is 4. The van der Waals surface area contributed by atoms with Crippen LogP contribution in [0.2, 0.25) is 0 Å². The molecule has 0 aliphatic rings. The van der Waals surface area contributed by atoms with Gasteiger partial charge in [0, 0.05) is 26.2 Å². The van der Waals surface area contributed by atoms with Crippen molar-refractivity contribution in [2.45, 2.75) is 12.3 Å². The Hall–Kier alpha value is -0.550. The number of thiol groups is 1. The molecule has 0 aromatic heterocycles. The largest absolute Gasteiger partial charge is 0.385 e.